The van der Waals surface area contributed by atoms with Crippen LogP contribution in [-0.4, -0.2) is 6.54 Å². The molecule has 3 rings (SSSR count). The summed E-state index contributed by atoms with van der Waals surface area (Å²) in [6, 6.07) is 5.03. The summed E-state index contributed by atoms with van der Waals surface area (Å²) in [5.74, 6) is 0. The lowest BCUT2D eigenvalue weighted by Crippen LogP contribution is -2.15. The molecule has 80 valence electrons. The number of nitrogens with two attached hydrogens (primary N) is 1. The van der Waals surface area contributed by atoms with Crippen molar-refractivity contribution in [1.29, 1.82) is 0 Å². The molecule has 1 aromatic carbocycles. The van der Waals surface area contributed by atoms with Crippen molar-refractivity contribution in [2.24, 2.45) is 0 Å². The monoisotopic (exact) mass is 202 g/mol. The summed E-state index contributed by atoms with van der Waals surface area (Å²) in [5, 5.41) is 3.52. The Kier molecular flexibility index (Phi) is 2.17. The normalized spacial score (nSPS) is 24.4. The van der Waals surface area contributed by atoms with Crippen LogP contribution < -0.4 is 11.1 Å². The molecule has 1 fully saturated rings. The van der Waals surface area contributed by atoms with E-state index in [0.717, 1.165) is 12.2 Å². The van der Waals surface area contributed by atoms with Gasteiger partial charge in [0.05, 0.1) is 0 Å². The van der Waals surface area contributed by atoms with Crippen molar-refractivity contribution in [3.63, 3.8) is 0 Å². The maximum Gasteiger partial charge on any atom is 0.0397 e. The van der Waals surface area contributed by atoms with Crippen molar-refractivity contribution in [1.82, 2.24) is 5.32 Å². The summed E-state index contributed by atoms with van der Waals surface area (Å²) in [7, 11) is 0. The number of aryl methyl sites for hydroxylation is 1. The van der Waals surface area contributed by atoms with Gasteiger partial charge in [-0.05, 0) is 55.3 Å². The zero-order valence-corrected chi connectivity index (χ0v) is 9.05. The molecule has 1 aromatic rings. The minimum absolute atomic E-state index is 0.510. The highest BCUT2D eigenvalue weighted by atomic mass is 14.9. The molecule has 0 saturated carbocycles. The molecule has 1 saturated heterocycles. The molecule has 0 amide bonds. The first-order valence-electron chi connectivity index (χ1n) is 6.00. The molecule has 0 radical (unpaired) electrons. The van der Waals surface area contributed by atoms with E-state index >= 15 is 0 Å². The second kappa shape index (κ2) is 3.53. The minimum Gasteiger partial charge on any atom is -0.398 e. The van der Waals surface area contributed by atoms with E-state index in [1.54, 1.807) is 0 Å². The van der Waals surface area contributed by atoms with Gasteiger partial charge in [0.2, 0.25) is 0 Å². The molecule has 2 heteroatoms. The number of nitrogens with one attached hydrogen (secondary N) is 1. The molecule has 2 nitrogen and oxygen atoms in total. The van der Waals surface area contributed by atoms with Gasteiger partial charge in [-0.3, -0.25) is 0 Å². The lowest BCUT2D eigenvalue weighted by Gasteiger charge is -2.16. The molecule has 15 heavy (non-hydrogen) atoms. The minimum atomic E-state index is 0.510. The summed E-state index contributed by atoms with van der Waals surface area (Å²) >= 11 is 0. The number of hydrogen-bond acceptors (Lipinski definition) is 2. The first kappa shape index (κ1) is 9.22. The third kappa shape index (κ3) is 1.44. The molecular weight excluding hydrogens is 184 g/mol. The van der Waals surface area contributed by atoms with Crippen LogP contribution in [0, 0.1) is 0 Å². The van der Waals surface area contributed by atoms with E-state index < -0.39 is 0 Å². The summed E-state index contributed by atoms with van der Waals surface area (Å²) < 4.78 is 0. The van der Waals surface area contributed by atoms with Crippen molar-refractivity contribution in [3.05, 3.63) is 28.8 Å². The van der Waals surface area contributed by atoms with Crippen LogP contribution in [0.5, 0.6) is 0 Å². The molecule has 3 N–H and O–H groups in total. The lowest BCUT2D eigenvalue weighted by atomic mass is 9.97. The van der Waals surface area contributed by atoms with Crippen molar-refractivity contribution >= 4 is 5.69 Å². The Balaban J connectivity index is 2.01. The zero-order chi connectivity index (χ0) is 10.3. The highest BCUT2D eigenvalue weighted by molar-refractivity contribution is 5.59. The second-order valence-electron chi connectivity index (χ2n) is 4.71. The third-order valence-corrected chi connectivity index (χ3v) is 3.80. The molecule has 0 bridgehead atoms. The van der Waals surface area contributed by atoms with Crippen LogP contribution in [0.4, 0.5) is 5.69 Å². The molecular formula is C13H18N2. The van der Waals surface area contributed by atoms with Crippen LogP contribution in [0.25, 0.3) is 0 Å². The van der Waals surface area contributed by atoms with Crippen LogP contribution in [0.15, 0.2) is 12.1 Å². The number of anilines is 1. The van der Waals surface area contributed by atoms with E-state index in [9.17, 15) is 0 Å². The van der Waals surface area contributed by atoms with E-state index in [4.69, 9.17) is 5.73 Å². The Bertz CT molecular complexity index is 378. The predicted octanol–water partition coefficient (Wildman–Crippen LogP) is 2.18. The van der Waals surface area contributed by atoms with Gasteiger partial charge in [-0.15, -0.1) is 0 Å². The molecule has 1 aliphatic heterocycles. The van der Waals surface area contributed by atoms with E-state index in [-0.39, 0.29) is 0 Å². The van der Waals surface area contributed by atoms with Crippen molar-refractivity contribution in [2.45, 2.75) is 38.1 Å². The van der Waals surface area contributed by atoms with Crippen molar-refractivity contribution in [3.8, 4) is 0 Å². The number of rotatable bonds is 1. The van der Waals surface area contributed by atoms with Crippen LogP contribution in [0.2, 0.25) is 0 Å². The Morgan fingerprint density at radius 1 is 1.20 bits per heavy atom. The molecule has 0 spiro atoms. The fourth-order valence-electron chi connectivity index (χ4n) is 2.97. The first-order chi connectivity index (χ1) is 7.36. The Labute approximate surface area is 90.9 Å². The van der Waals surface area contributed by atoms with Crippen LogP contribution >= 0.6 is 0 Å². The maximum absolute atomic E-state index is 6.27. The lowest BCUT2D eigenvalue weighted by molar-refractivity contribution is 0.649. The topological polar surface area (TPSA) is 38.0 Å². The van der Waals surface area contributed by atoms with Crippen molar-refractivity contribution in [2.75, 3.05) is 12.3 Å². The average Bonchev–Trinajstić information content (AvgIpc) is 2.87. The van der Waals surface area contributed by atoms with Crippen molar-refractivity contribution < 1.29 is 0 Å². The smallest absolute Gasteiger partial charge is 0.0397 e. The standard InChI is InChI=1S/C13H18N2/c14-13-10-4-1-3-9(10)6-7-11(13)12-5-2-8-15-12/h6-7,12,15H,1-5,8,14H2/t12-/m1/s1. The molecule has 0 unspecified atom stereocenters. The highest BCUT2D eigenvalue weighted by Gasteiger charge is 2.22. The maximum atomic E-state index is 6.27. The first-order valence-corrected chi connectivity index (χ1v) is 6.00. The highest BCUT2D eigenvalue weighted by Crippen LogP contribution is 2.35. The number of hydrogen-bond donors (Lipinski definition) is 2. The summed E-state index contributed by atoms with van der Waals surface area (Å²) in [6.07, 6.45) is 6.20. The van der Waals surface area contributed by atoms with Gasteiger partial charge in [-0.25, -0.2) is 0 Å². The third-order valence-electron chi connectivity index (χ3n) is 3.80. The number of fused-ring (bicyclic) bond motifs is 1. The Hall–Kier alpha value is -1.02. The summed E-state index contributed by atoms with van der Waals surface area (Å²) in [4.78, 5) is 0. The number of benzene rings is 1. The van der Waals surface area contributed by atoms with Crippen LogP contribution in [-0.2, 0) is 12.8 Å². The molecule has 1 aliphatic carbocycles. The molecule has 0 aromatic heterocycles. The van der Waals surface area contributed by atoms with Crippen LogP contribution in [0.1, 0.15) is 42.0 Å². The van der Waals surface area contributed by atoms with Gasteiger partial charge < -0.3 is 11.1 Å². The predicted molar refractivity (Wildman–Crippen MR) is 62.9 cm³/mol. The summed E-state index contributed by atoms with van der Waals surface area (Å²) in [6.45, 7) is 1.14. The number of nitrogen functional groups attached to an aromatic ring is 1. The van der Waals surface area contributed by atoms with E-state index in [1.807, 2.05) is 0 Å². The molecule has 2 aliphatic rings. The fraction of sp³-hybridized carbons (Fsp3) is 0.538. The average molecular weight is 202 g/mol. The molecule has 1 heterocycles. The van der Waals surface area contributed by atoms with Gasteiger partial charge in [0, 0.05) is 11.7 Å². The second-order valence-corrected chi connectivity index (χ2v) is 4.71. The van der Waals surface area contributed by atoms with Gasteiger partial charge in [0.1, 0.15) is 0 Å². The molecule has 1 atom stereocenters. The van der Waals surface area contributed by atoms with E-state index in [0.29, 0.717) is 6.04 Å². The van der Waals surface area contributed by atoms with E-state index in [2.05, 4.69) is 17.4 Å². The van der Waals surface area contributed by atoms with Gasteiger partial charge in [0.25, 0.3) is 0 Å². The SMILES string of the molecule is Nc1c([C@H]2CCCN2)ccc2c1CCC2. The van der Waals surface area contributed by atoms with E-state index in [1.165, 1.54) is 48.8 Å². The largest absolute Gasteiger partial charge is 0.398 e. The van der Waals surface area contributed by atoms with Gasteiger partial charge >= 0.3 is 0 Å². The van der Waals surface area contributed by atoms with Gasteiger partial charge in [-0.2, -0.15) is 0 Å². The Morgan fingerprint density at radius 3 is 2.93 bits per heavy atom. The quantitative estimate of drug-likeness (QED) is 0.685. The van der Waals surface area contributed by atoms with Gasteiger partial charge in [0.15, 0.2) is 0 Å². The zero-order valence-electron chi connectivity index (χ0n) is 9.05. The van der Waals surface area contributed by atoms with Crippen LogP contribution in [0.3, 0.4) is 0 Å². The Morgan fingerprint density at radius 2 is 2.13 bits per heavy atom. The summed E-state index contributed by atoms with van der Waals surface area (Å²) in [5.41, 5.74) is 11.6. The fourth-order valence-corrected chi connectivity index (χ4v) is 2.97. The van der Waals surface area contributed by atoms with Gasteiger partial charge in [-0.1, -0.05) is 12.1 Å².